The van der Waals surface area contributed by atoms with Crippen LogP contribution in [-0.4, -0.2) is 9.97 Å². The van der Waals surface area contributed by atoms with Gasteiger partial charge in [-0.25, -0.2) is 0 Å². The van der Waals surface area contributed by atoms with Gasteiger partial charge in [-0.3, -0.25) is 9.78 Å². The molecular formula is C8H4ClIN2O. The van der Waals surface area contributed by atoms with Crippen molar-refractivity contribution in [2.75, 3.05) is 0 Å². The number of aromatic nitrogens is 2. The average Bonchev–Trinajstić information content (AvgIpc) is 2.12. The summed E-state index contributed by atoms with van der Waals surface area (Å²) < 4.78 is 0.611. The topological polar surface area (TPSA) is 45.8 Å². The molecule has 0 aliphatic rings. The summed E-state index contributed by atoms with van der Waals surface area (Å²) in [6, 6.07) is 1.65. The molecule has 0 aliphatic carbocycles. The third-order valence-corrected chi connectivity index (χ3v) is 2.79. The van der Waals surface area contributed by atoms with Crippen molar-refractivity contribution in [1.29, 1.82) is 0 Å². The number of halogens is 2. The highest BCUT2D eigenvalue weighted by atomic mass is 127. The normalized spacial score (nSPS) is 10.6. The minimum absolute atomic E-state index is 0.0862. The summed E-state index contributed by atoms with van der Waals surface area (Å²) >= 11 is 7.83. The molecular weight excluding hydrogens is 302 g/mol. The van der Waals surface area contributed by atoms with E-state index < -0.39 is 0 Å². The molecule has 0 spiro atoms. The summed E-state index contributed by atoms with van der Waals surface area (Å²) in [6.07, 6.45) is 3.15. The Balaban J connectivity index is 3.03. The minimum atomic E-state index is -0.0862. The van der Waals surface area contributed by atoms with Crippen molar-refractivity contribution in [3.63, 3.8) is 0 Å². The number of H-pyrrole nitrogens is 1. The fourth-order valence-corrected chi connectivity index (χ4v) is 1.67. The second-order valence-electron chi connectivity index (χ2n) is 2.48. The molecule has 0 atom stereocenters. The zero-order valence-electron chi connectivity index (χ0n) is 6.34. The van der Waals surface area contributed by atoms with Crippen LogP contribution < -0.4 is 5.43 Å². The summed E-state index contributed by atoms with van der Waals surface area (Å²) in [5.74, 6) is 0. The number of pyridine rings is 2. The molecule has 5 heteroatoms. The molecule has 0 radical (unpaired) electrons. The van der Waals surface area contributed by atoms with E-state index in [1.165, 1.54) is 6.20 Å². The van der Waals surface area contributed by atoms with Crippen LogP contribution in [-0.2, 0) is 0 Å². The molecule has 0 saturated carbocycles. The van der Waals surface area contributed by atoms with Crippen LogP contribution in [0.25, 0.3) is 11.0 Å². The van der Waals surface area contributed by atoms with Crippen LogP contribution >= 0.6 is 34.2 Å². The molecule has 66 valence electrons. The SMILES string of the molecule is O=c1c(I)c[nH]c2c(Cl)ccnc12. The number of nitrogens with zero attached hydrogens (tertiary/aromatic N) is 1. The van der Waals surface area contributed by atoms with E-state index in [1.54, 1.807) is 12.3 Å². The molecule has 0 aromatic carbocycles. The van der Waals surface area contributed by atoms with Crippen LogP contribution in [0.3, 0.4) is 0 Å². The standard InChI is InChI=1S/C8H4ClIN2O/c9-4-1-2-11-7-6(4)12-3-5(10)8(7)13/h1-3H,(H,12,13). The lowest BCUT2D eigenvalue weighted by molar-refractivity contribution is 1.29. The quantitative estimate of drug-likeness (QED) is 0.758. The number of hydrogen-bond donors (Lipinski definition) is 1. The first-order valence-electron chi connectivity index (χ1n) is 3.51. The number of rotatable bonds is 0. The highest BCUT2D eigenvalue weighted by molar-refractivity contribution is 14.1. The molecule has 0 aliphatic heterocycles. The highest BCUT2D eigenvalue weighted by Crippen LogP contribution is 2.16. The van der Waals surface area contributed by atoms with E-state index in [1.807, 2.05) is 22.6 Å². The first-order valence-corrected chi connectivity index (χ1v) is 4.97. The van der Waals surface area contributed by atoms with Gasteiger partial charge >= 0.3 is 0 Å². The lowest BCUT2D eigenvalue weighted by Gasteiger charge is -1.98. The maximum atomic E-state index is 11.5. The van der Waals surface area contributed by atoms with Gasteiger partial charge in [0.1, 0.15) is 5.52 Å². The third kappa shape index (κ3) is 1.44. The van der Waals surface area contributed by atoms with Gasteiger partial charge in [-0.1, -0.05) is 11.6 Å². The zero-order chi connectivity index (χ0) is 9.42. The van der Waals surface area contributed by atoms with Crippen molar-refractivity contribution < 1.29 is 0 Å². The summed E-state index contributed by atoms with van der Waals surface area (Å²) in [4.78, 5) is 18.4. The van der Waals surface area contributed by atoms with Crippen LogP contribution in [0.1, 0.15) is 0 Å². The molecule has 2 aromatic heterocycles. The van der Waals surface area contributed by atoms with Crippen molar-refractivity contribution in [2.45, 2.75) is 0 Å². The smallest absolute Gasteiger partial charge is 0.221 e. The second kappa shape index (κ2) is 3.26. The van der Waals surface area contributed by atoms with Crippen LogP contribution in [0.15, 0.2) is 23.3 Å². The second-order valence-corrected chi connectivity index (χ2v) is 4.05. The highest BCUT2D eigenvalue weighted by Gasteiger charge is 2.05. The zero-order valence-corrected chi connectivity index (χ0v) is 9.26. The summed E-state index contributed by atoms with van der Waals surface area (Å²) in [7, 11) is 0. The number of nitrogens with one attached hydrogen (secondary N) is 1. The van der Waals surface area contributed by atoms with Gasteiger partial charge in [-0.2, -0.15) is 0 Å². The maximum Gasteiger partial charge on any atom is 0.221 e. The van der Waals surface area contributed by atoms with Gasteiger partial charge in [0.15, 0.2) is 0 Å². The molecule has 2 rings (SSSR count). The number of aromatic amines is 1. The number of hydrogen-bond acceptors (Lipinski definition) is 2. The molecule has 0 saturated heterocycles. The predicted octanol–water partition coefficient (Wildman–Crippen LogP) is 2.18. The Morgan fingerprint density at radius 1 is 1.54 bits per heavy atom. The van der Waals surface area contributed by atoms with E-state index in [2.05, 4.69) is 9.97 Å². The van der Waals surface area contributed by atoms with Gasteiger partial charge < -0.3 is 4.98 Å². The van der Waals surface area contributed by atoms with Crippen LogP contribution in [0.4, 0.5) is 0 Å². The van der Waals surface area contributed by atoms with Gasteiger partial charge in [-0.15, -0.1) is 0 Å². The first kappa shape index (κ1) is 8.96. The van der Waals surface area contributed by atoms with Gasteiger partial charge in [0, 0.05) is 12.4 Å². The lowest BCUT2D eigenvalue weighted by atomic mass is 10.3. The van der Waals surface area contributed by atoms with Crippen LogP contribution in [0.2, 0.25) is 5.02 Å². The monoisotopic (exact) mass is 306 g/mol. The Kier molecular flexibility index (Phi) is 2.25. The summed E-state index contributed by atoms with van der Waals surface area (Å²) in [5.41, 5.74) is 0.894. The van der Waals surface area contributed by atoms with Gasteiger partial charge in [-0.05, 0) is 28.7 Å². The first-order chi connectivity index (χ1) is 6.20. The Hall–Kier alpha value is -0.620. The van der Waals surface area contributed by atoms with E-state index >= 15 is 0 Å². The van der Waals surface area contributed by atoms with Gasteiger partial charge in [0.05, 0.1) is 14.1 Å². The third-order valence-electron chi connectivity index (χ3n) is 1.68. The number of fused-ring (bicyclic) bond motifs is 1. The van der Waals surface area contributed by atoms with Crippen LogP contribution in [0.5, 0.6) is 0 Å². The molecule has 0 unspecified atom stereocenters. The van der Waals surface area contributed by atoms with Crippen molar-refractivity contribution in [2.24, 2.45) is 0 Å². The Bertz CT molecular complexity index is 523. The van der Waals surface area contributed by atoms with Crippen molar-refractivity contribution in [3.05, 3.63) is 37.3 Å². The Labute approximate surface area is 92.3 Å². The fraction of sp³-hybridized carbons (Fsp3) is 0. The van der Waals surface area contributed by atoms with Crippen LogP contribution in [0, 0.1) is 3.57 Å². The van der Waals surface area contributed by atoms with E-state index in [0.717, 1.165) is 0 Å². The van der Waals surface area contributed by atoms with Gasteiger partial charge in [0.2, 0.25) is 5.43 Å². The van der Waals surface area contributed by atoms with E-state index in [0.29, 0.717) is 19.6 Å². The van der Waals surface area contributed by atoms with E-state index in [-0.39, 0.29) is 5.43 Å². The minimum Gasteiger partial charge on any atom is -0.357 e. The average molecular weight is 306 g/mol. The fourth-order valence-electron chi connectivity index (χ4n) is 1.06. The molecule has 13 heavy (non-hydrogen) atoms. The molecule has 0 bridgehead atoms. The maximum absolute atomic E-state index is 11.5. The van der Waals surface area contributed by atoms with E-state index in [4.69, 9.17) is 11.6 Å². The molecule has 0 amide bonds. The van der Waals surface area contributed by atoms with Crippen molar-refractivity contribution in [1.82, 2.24) is 9.97 Å². The predicted molar refractivity (Wildman–Crippen MR) is 60.1 cm³/mol. The van der Waals surface area contributed by atoms with Gasteiger partial charge in [0.25, 0.3) is 0 Å². The molecule has 2 aromatic rings. The lowest BCUT2D eigenvalue weighted by Crippen LogP contribution is -2.07. The van der Waals surface area contributed by atoms with E-state index in [9.17, 15) is 4.79 Å². The Morgan fingerprint density at radius 3 is 3.08 bits per heavy atom. The summed E-state index contributed by atoms with van der Waals surface area (Å²) in [6.45, 7) is 0. The molecule has 3 nitrogen and oxygen atoms in total. The molecule has 1 N–H and O–H groups in total. The molecule has 0 fully saturated rings. The Morgan fingerprint density at radius 2 is 2.31 bits per heavy atom. The summed E-state index contributed by atoms with van der Waals surface area (Å²) in [5, 5.41) is 0.513. The largest absolute Gasteiger partial charge is 0.357 e. The van der Waals surface area contributed by atoms with Crippen molar-refractivity contribution >= 4 is 45.2 Å². The molecule has 2 heterocycles. The van der Waals surface area contributed by atoms with Crippen molar-refractivity contribution in [3.8, 4) is 0 Å².